The van der Waals surface area contributed by atoms with Crippen LogP contribution < -0.4 is 5.32 Å². The SMILES string of the molecule is Cc1ccc(CNc2cc([N+](=O)[O-])ccc2C)s1. The average molecular weight is 262 g/mol. The number of benzene rings is 1. The molecule has 0 bridgehead atoms. The minimum absolute atomic E-state index is 0.116. The Morgan fingerprint density at radius 2 is 2.06 bits per heavy atom. The number of nitrogens with zero attached hydrogens (tertiary/aromatic N) is 1. The zero-order valence-corrected chi connectivity index (χ0v) is 11.1. The molecular weight excluding hydrogens is 248 g/mol. The summed E-state index contributed by atoms with van der Waals surface area (Å²) < 4.78 is 0. The molecule has 0 unspecified atom stereocenters. The summed E-state index contributed by atoms with van der Waals surface area (Å²) in [6.07, 6.45) is 0. The maximum atomic E-state index is 10.7. The number of nitrogens with one attached hydrogen (secondary N) is 1. The highest BCUT2D eigenvalue weighted by molar-refractivity contribution is 7.11. The highest BCUT2D eigenvalue weighted by atomic mass is 32.1. The molecule has 0 amide bonds. The zero-order chi connectivity index (χ0) is 13.1. The van der Waals surface area contributed by atoms with Gasteiger partial charge in [-0.3, -0.25) is 10.1 Å². The van der Waals surface area contributed by atoms with Crippen molar-refractivity contribution in [2.24, 2.45) is 0 Å². The number of aryl methyl sites for hydroxylation is 2. The molecule has 1 aromatic carbocycles. The van der Waals surface area contributed by atoms with Gasteiger partial charge in [0.15, 0.2) is 0 Å². The summed E-state index contributed by atoms with van der Waals surface area (Å²) in [7, 11) is 0. The van der Waals surface area contributed by atoms with Crippen molar-refractivity contribution in [3.8, 4) is 0 Å². The number of hydrogen-bond donors (Lipinski definition) is 1. The van der Waals surface area contributed by atoms with Gasteiger partial charge in [0.05, 0.1) is 4.92 Å². The summed E-state index contributed by atoms with van der Waals surface area (Å²) in [5.41, 5.74) is 1.94. The van der Waals surface area contributed by atoms with Gasteiger partial charge in [0.2, 0.25) is 0 Å². The van der Waals surface area contributed by atoms with E-state index >= 15 is 0 Å². The maximum absolute atomic E-state index is 10.7. The molecule has 5 heteroatoms. The van der Waals surface area contributed by atoms with Crippen LogP contribution in [0, 0.1) is 24.0 Å². The standard InChI is InChI=1S/C13H14N2O2S/c1-9-3-5-11(15(16)17)7-13(9)14-8-12-6-4-10(2)18-12/h3-7,14H,8H2,1-2H3. The monoisotopic (exact) mass is 262 g/mol. The quantitative estimate of drug-likeness (QED) is 0.672. The number of nitro benzene ring substituents is 1. The molecule has 0 spiro atoms. The highest BCUT2D eigenvalue weighted by Crippen LogP contribution is 2.23. The van der Waals surface area contributed by atoms with Crippen LogP contribution in [0.15, 0.2) is 30.3 Å². The van der Waals surface area contributed by atoms with Gasteiger partial charge in [-0.25, -0.2) is 0 Å². The number of hydrogen-bond acceptors (Lipinski definition) is 4. The van der Waals surface area contributed by atoms with Crippen LogP contribution in [0.5, 0.6) is 0 Å². The van der Waals surface area contributed by atoms with Crippen LogP contribution in [0.25, 0.3) is 0 Å². The topological polar surface area (TPSA) is 55.2 Å². The van der Waals surface area contributed by atoms with E-state index in [9.17, 15) is 10.1 Å². The normalized spacial score (nSPS) is 10.3. The van der Waals surface area contributed by atoms with Crippen molar-refractivity contribution >= 4 is 22.7 Å². The Hall–Kier alpha value is -1.88. The lowest BCUT2D eigenvalue weighted by atomic mass is 10.2. The van der Waals surface area contributed by atoms with E-state index in [1.165, 1.54) is 15.8 Å². The number of non-ortho nitro benzene ring substituents is 1. The van der Waals surface area contributed by atoms with Crippen molar-refractivity contribution in [1.82, 2.24) is 0 Å². The van der Waals surface area contributed by atoms with Crippen molar-refractivity contribution in [2.75, 3.05) is 5.32 Å². The zero-order valence-electron chi connectivity index (χ0n) is 10.3. The Kier molecular flexibility index (Phi) is 3.62. The van der Waals surface area contributed by atoms with E-state index in [0.717, 1.165) is 11.3 Å². The van der Waals surface area contributed by atoms with E-state index in [1.54, 1.807) is 23.5 Å². The number of anilines is 1. The van der Waals surface area contributed by atoms with Gasteiger partial charge in [-0.15, -0.1) is 11.3 Å². The summed E-state index contributed by atoms with van der Waals surface area (Å²) in [4.78, 5) is 12.8. The molecule has 2 aromatic rings. The van der Waals surface area contributed by atoms with Crippen LogP contribution in [0.4, 0.5) is 11.4 Å². The first-order valence-electron chi connectivity index (χ1n) is 5.60. The van der Waals surface area contributed by atoms with Crippen molar-refractivity contribution in [1.29, 1.82) is 0 Å². The van der Waals surface area contributed by atoms with Gasteiger partial charge >= 0.3 is 0 Å². The van der Waals surface area contributed by atoms with Crippen LogP contribution in [0.2, 0.25) is 0 Å². The first-order chi connectivity index (χ1) is 8.56. The second kappa shape index (κ2) is 5.18. The van der Waals surface area contributed by atoms with Gasteiger partial charge in [0, 0.05) is 34.1 Å². The molecule has 0 atom stereocenters. The Morgan fingerprint density at radius 1 is 1.28 bits per heavy atom. The smallest absolute Gasteiger partial charge is 0.271 e. The lowest BCUT2D eigenvalue weighted by molar-refractivity contribution is -0.384. The average Bonchev–Trinajstić information content (AvgIpc) is 2.74. The highest BCUT2D eigenvalue weighted by Gasteiger charge is 2.08. The predicted octanol–water partition coefficient (Wildman–Crippen LogP) is 3.89. The Morgan fingerprint density at radius 3 is 2.67 bits per heavy atom. The minimum atomic E-state index is -0.375. The Balaban J connectivity index is 2.13. The van der Waals surface area contributed by atoms with Gasteiger partial charge in [-0.2, -0.15) is 0 Å². The third-order valence-electron chi connectivity index (χ3n) is 2.68. The predicted molar refractivity (Wildman–Crippen MR) is 74.2 cm³/mol. The fraction of sp³-hybridized carbons (Fsp3) is 0.231. The molecule has 2 rings (SSSR count). The summed E-state index contributed by atoms with van der Waals surface area (Å²) >= 11 is 1.73. The fourth-order valence-electron chi connectivity index (χ4n) is 1.68. The van der Waals surface area contributed by atoms with E-state index in [1.807, 2.05) is 6.92 Å². The summed E-state index contributed by atoms with van der Waals surface area (Å²) in [6.45, 7) is 4.69. The van der Waals surface area contributed by atoms with Crippen molar-refractivity contribution in [2.45, 2.75) is 20.4 Å². The van der Waals surface area contributed by atoms with Crippen LogP contribution in [0.1, 0.15) is 15.3 Å². The molecular formula is C13H14N2O2S. The molecule has 0 radical (unpaired) electrons. The third kappa shape index (κ3) is 2.87. The summed E-state index contributed by atoms with van der Waals surface area (Å²) in [5, 5.41) is 14.0. The van der Waals surface area contributed by atoms with Gasteiger partial charge in [-0.05, 0) is 31.5 Å². The lowest BCUT2D eigenvalue weighted by Crippen LogP contribution is -2.00. The van der Waals surface area contributed by atoms with E-state index < -0.39 is 0 Å². The van der Waals surface area contributed by atoms with Gasteiger partial charge < -0.3 is 5.32 Å². The fourth-order valence-corrected chi connectivity index (χ4v) is 2.51. The molecule has 0 fully saturated rings. The van der Waals surface area contributed by atoms with Gasteiger partial charge in [-0.1, -0.05) is 6.07 Å². The lowest BCUT2D eigenvalue weighted by Gasteiger charge is -2.08. The van der Waals surface area contributed by atoms with Crippen molar-refractivity contribution in [3.63, 3.8) is 0 Å². The molecule has 0 aliphatic carbocycles. The van der Waals surface area contributed by atoms with Gasteiger partial charge in [0.25, 0.3) is 5.69 Å². The van der Waals surface area contributed by atoms with Crippen LogP contribution in [-0.4, -0.2) is 4.92 Å². The molecule has 1 N–H and O–H groups in total. The molecule has 1 heterocycles. The van der Waals surface area contributed by atoms with E-state index in [-0.39, 0.29) is 10.6 Å². The number of nitro groups is 1. The molecule has 0 aliphatic heterocycles. The van der Waals surface area contributed by atoms with Gasteiger partial charge in [0.1, 0.15) is 0 Å². The molecule has 1 aromatic heterocycles. The van der Waals surface area contributed by atoms with Crippen LogP contribution in [-0.2, 0) is 6.54 Å². The number of rotatable bonds is 4. The molecule has 0 saturated carbocycles. The first-order valence-corrected chi connectivity index (χ1v) is 6.42. The summed E-state index contributed by atoms with van der Waals surface area (Å²) in [6, 6.07) is 9.01. The molecule has 94 valence electrons. The molecule has 4 nitrogen and oxygen atoms in total. The van der Waals surface area contributed by atoms with Crippen LogP contribution in [0.3, 0.4) is 0 Å². The second-order valence-corrected chi connectivity index (χ2v) is 5.49. The van der Waals surface area contributed by atoms with Crippen molar-refractivity contribution < 1.29 is 4.92 Å². The third-order valence-corrected chi connectivity index (χ3v) is 3.68. The molecule has 0 aliphatic rings. The van der Waals surface area contributed by atoms with Crippen molar-refractivity contribution in [3.05, 3.63) is 55.8 Å². The Bertz CT molecular complexity index is 578. The molecule has 18 heavy (non-hydrogen) atoms. The van der Waals surface area contributed by atoms with E-state index in [0.29, 0.717) is 6.54 Å². The van der Waals surface area contributed by atoms with E-state index in [2.05, 4.69) is 24.4 Å². The van der Waals surface area contributed by atoms with Crippen LogP contribution >= 0.6 is 11.3 Å². The number of thiophene rings is 1. The largest absolute Gasteiger partial charge is 0.380 e. The Labute approximate surface area is 109 Å². The summed E-state index contributed by atoms with van der Waals surface area (Å²) in [5.74, 6) is 0. The minimum Gasteiger partial charge on any atom is -0.380 e. The first kappa shape index (κ1) is 12.6. The van der Waals surface area contributed by atoms with E-state index in [4.69, 9.17) is 0 Å². The maximum Gasteiger partial charge on any atom is 0.271 e. The molecule has 0 saturated heterocycles. The second-order valence-electron chi connectivity index (χ2n) is 4.12.